The maximum atomic E-state index is 5.82. The van der Waals surface area contributed by atoms with E-state index >= 15 is 0 Å². The molecule has 0 bridgehead atoms. The van der Waals surface area contributed by atoms with Gasteiger partial charge in [0.2, 0.25) is 5.88 Å². The lowest BCUT2D eigenvalue weighted by Crippen LogP contribution is -2.30. The minimum Gasteiger partial charge on any atom is -0.477 e. The lowest BCUT2D eigenvalue weighted by Gasteiger charge is -2.22. The molecule has 1 unspecified atom stereocenters. The van der Waals surface area contributed by atoms with E-state index in [1.165, 1.54) is 12.8 Å². The maximum Gasteiger partial charge on any atom is 0.228 e. The highest BCUT2D eigenvalue weighted by Gasteiger charge is 2.13. The number of ether oxygens (including phenoxy) is 1. The number of rotatable bonds is 4. The van der Waals surface area contributed by atoms with E-state index in [4.69, 9.17) is 16.3 Å². The molecule has 0 radical (unpaired) electrons. The van der Waals surface area contributed by atoms with E-state index in [0.29, 0.717) is 17.5 Å². The van der Waals surface area contributed by atoms with Crippen LogP contribution in [0.25, 0.3) is 0 Å². The van der Waals surface area contributed by atoms with Gasteiger partial charge in [0.25, 0.3) is 0 Å². The van der Waals surface area contributed by atoms with Crippen LogP contribution in [0.4, 0.5) is 0 Å². The average molecular weight is 320 g/mol. The van der Waals surface area contributed by atoms with Gasteiger partial charge < -0.3 is 10.1 Å². The zero-order valence-electron chi connectivity index (χ0n) is 9.59. The first kappa shape index (κ1) is 13.1. The van der Waals surface area contributed by atoms with E-state index in [9.17, 15) is 0 Å². The second-order valence-corrected chi connectivity index (χ2v) is 5.58. The Bertz CT molecular complexity index is 370. The summed E-state index contributed by atoms with van der Waals surface area (Å²) < 4.78 is 6.46. The Morgan fingerprint density at radius 3 is 3.18 bits per heavy atom. The summed E-state index contributed by atoms with van der Waals surface area (Å²) in [5.74, 6) is 1.35. The molecule has 1 aliphatic heterocycles. The Labute approximate surface area is 115 Å². The van der Waals surface area contributed by atoms with Crippen LogP contribution in [-0.2, 0) is 0 Å². The Kier molecular flexibility index (Phi) is 5.07. The van der Waals surface area contributed by atoms with Crippen LogP contribution in [0.1, 0.15) is 19.3 Å². The van der Waals surface area contributed by atoms with Gasteiger partial charge in [-0.1, -0.05) is 11.6 Å². The molecule has 2 rings (SSSR count). The van der Waals surface area contributed by atoms with E-state index in [0.717, 1.165) is 29.9 Å². The molecule has 2 heterocycles. The molecule has 0 aromatic carbocycles. The number of nitrogens with one attached hydrogen (secondary N) is 1. The number of hydrogen-bond donors (Lipinski definition) is 1. The molecule has 3 nitrogen and oxygen atoms in total. The summed E-state index contributed by atoms with van der Waals surface area (Å²) >= 11 is 9.21. The van der Waals surface area contributed by atoms with Crippen LogP contribution >= 0.6 is 27.5 Å². The second-order valence-electron chi connectivity index (χ2n) is 4.29. The highest BCUT2D eigenvalue weighted by Crippen LogP contribution is 2.25. The van der Waals surface area contributed by atoms with Crippen molar-refractivity contribution in [2.24, 2.45) is 5.92 Å². The van der Waals surface area contributed by atoms with E-state index in [1.807, 2.05) is 0 Å². The first-order chi connectivity index (χ1) is 8.25. The minimum atomic E-state index is 0.612. The first-order valence-corrected chi connectivity index (χ1v) is 7.07. The highest BCUT2D eigenvalue weighted by atomic mass is 79.9. The van der Waals surface area contributed by atoms with Crippen molar-refractivity contribution in [3.05, 3.63) is 21.8 Å². The molecule has 1 atom stereocenters. The van der Waals surface area contributed by atoms with Crippen LogP contribution in [0.3, 0.4) is 0 Å². The third kappa shape index (κ3) is 4.12. The molecule has 1 fully saturated rings. The van der Waals surface area contributed by atoms with Gasteiger partial charge in [-0.15, -0.1) is 0 Å². The lowest BCUT2D eigenvalue weighted by molar-refractivity contribution is 0.246. The molecule has 94 valence electrons. The van der Waals surface area contributed by atoms with Crippen LogP contribution in [0.5, 0.6) is 5.88 Å². The molecular formula is C12H16BrClN2O. The summed E-state index contributed by atoms with van der Waals surface area (Å²) in [7, 11) is 0. The number of aromatic nitrogens is 1. The van der Waals surface area contributed by atoms with Crippen molar-refractivity contribution in [1.29, 1.82) is 0 Å². The minimum absolute atomic E-state index is 0.612. The van der Waals surface area contributed by atoms with Gasteiger partial charge in [-0.05, 0) is 60.3 Å². The highest BCUT2D eigenvalue weighted by molar-refractivity contribution is 9.10. The molecule has 0 spiro atoms. The molecule has 1 aromatic rings. The van der Waals surface area contributed by atoms with Crippen molar-refractivity contribution in [2.75, 3.05) is 19.7 Å². The van der Waals surface area contributed by atoms with E-state index in [-0.39, 0.29) is 0 Å². The van der Waals surface area contributed by atoms with Gasteiger partial charge in [0.15, 0.2) is 0 Å². The fourth-order valence-electron chi connectivity index (χ4n) is 2.00. The van der Waals surface area contributed by atoms with Gasteiger partial charge in [0, 0.05) is 6.20 Å². The predicted molar refractivity (Wildman–Crippen MR) is 72.7 cm³/mol. The predicted octanol–water partition coefficient (Wildman–Crippen LogP) is 3.27. The third-order valence-electron chi connectivity index (χ3n) is 2.94. The number of piperidine rings is 1. The largest absolute Gasteiger partial charge is 0.477 e. The number of nitrogens with zero attached hydrogens (tertiary/aromatic N) is 1. The van der Waals surface area contributed by atoms with Crippen molar-refractivity contribution in [2.45, 2.75) is 19.3 Å². The number of hydrogen-bond acceptors (Lipinski definition) is 3. The van der Waals surface area contributed by atoms with Gasteiger partial charge in [0.1, 0.15) is 0 Å². The van der Waals surface area contributed by atoms with Crippen molar-refractivity contribution < 1.29 is 4.74 Å². The van der Waals surface area contributed by atoms with Crippen LogP contribution in [-0.4, -0.2) is 24.7 Å². The van der Waals surface area contributed by atoms with Crippen molar-refractivity contribution in [3.8, 4) is 5.88 Å². The summed E-state index contributed by atoms with van der Waals surface area (Å²) in [6.45, 7) is 2.97. The van der Waals surface area contributed by atoms with Crippen LogP contribution < -0.4 is 10.1 Å². The molecular weight excluding hydrogens is 304 g/mol. The molecule has 1 N–H and O–H groups in total. The van der Waals surface area contributed by atoms with Crippen LogP contribution in [0.15, 0.2) is 16.7 Å². The summed E-state index contributed by atoms with van der Waals surface area (Å²) in [5, 5.41) is 4.02. The fraction of sp³-hybridized carbons (Fsp3) is 0.583. The first-order valence-electron chi connectivity index (χ1n) is 5.90. The number of halogens is 2. The number of pyridine rings is 1. The van der Waals surface area contributed by atoms with Crippen molar-refractivity contribution in [1.82, 2.24) is 10.3 Å². The molecule has 1 saturated heterocycles. The lowest BCUT2D eigenvalue weighted by atomic mass is 9.97. The monoisotopic (exact) mass is 318 g/mol. The molecule has 1 aliphatic rings. The molecule has 17 heavy (non-hydrogen) atoms. The fourth-order valence-corrected chi connectivity index (χ4v) is 2.75. The molecule has 0 saturated carbocycles. The maximum absolute atomic E-state index is 5.82. The normalized spacial score (nSPS) is 20.2. The van der Waals surface area contributed by atoms with Crippen molar-refractivity contribution in [3.63, 3.8) is 0 Å². The second kappa shape index (κ2) is 6.57. The van der Waals surface area contributed by atoms with E-state index in [2.05, 4.69) is 26.2 Å². The third-order valence-corrected chi connectivity index (χ3v) is 3.71. The molecule has 5 heteroatoms. The summed E-state index contributed by atoms with van der Waals surface area (Å²) in [6.07, 6.45) is 5.24. The van der Waals surface area contributed by atoms with Crippen molar-refractivity contribution >= 4 is 27.5 Å². The SMILES string of the molecule is Clc1cnc(OCCC2CCCNC2)c(Br)c1. The molecule has 0 aliphatic carbocycles. The molecule has 0 amide bonds. The summed E-state index contributed by atoms with van der Waals surface area (Å²) in [4.78, 5) is 4.14. The Balaban J connectivity index is 1.77. The van der Waals surface area contributed by atoms with Gasteiger partial charge in [0.05, 0.1) is 16.1 Å². The topological polar surface area (TPSA) is 34.1 Å². The smallest absolute Gasteiger partial charge is 0.228 e. The summed E-state index contributed by atoms with van der Waals surface area (Å²) in [5.41, 5.74) is 0. The van der Waals surface area contributed by atoms with Crippen LogP contribution in [0.2, 0.25) is 5.02 Å². The standard InChI is InChI=1S/C12H16BrClN2O/c13-11-6-10(14)8-16-12(11)17-5-3-9-2-1-4-15-7-9/h6,8-9,15H,1-5,7H2. The quantitative estimate of drug-likeness (QED) is 0.925. The summed E-state index contributed by atoms with van der Waals surface area (Å²) in [6, 6.07) is 1.80. The van der Waals surface area contributed by atoms with Gasteiger partial charge >= 0.3 is 0 Å². The van der Waals surface area contributed by atoms with Crippen LogP contribution in [0, 0.1) is 5.92 Å². The van der Waals surface area contributed by atoms with E-state index in [1.54, 1.807) is 12.3 Å². The molecule has 1 aromatic heterocycles. The van der Waals surface area contributed by atoms with Gasteiger partial charge in [-0.25, -0.2) is 4.98 Å². The zero-order chi connectivity index (χ0) is 12.1. The van der Waals surface area contributed by atoms with Gasteiger partial charge in [-0.3, -0.25) is 0 Å². The Hall–Kier alpha value is -0.320. The Morgan fingerprint density at radius 2 is 2.47 bits per heavy atom. The average Bonchev–Trinajstić information content (AvgIpc) is 2.33. The zero-order valence-corrected chi connectivity index (χ0v) is 11.9. The Morgan fingerprint density at radius 1 is 1.59 bits per heavy atom. The van der Waals surface area contributed by atoms with E-state index < -0.39 is 0 Å². The van der Waals surface area contributed by atoms with Gasteiger partial charge in [-0.2, -0.15) is 0 Å².